The highest BCUT2D eigenvalue weighted by Gasteiger charge is 2.48. The smallest absolute Gasteiger partial charge is 0.371 e. The van der Waals surface area contributed by atoms with E-state index < -0.39 is 23.2 Å². The van der Waals surface area contributed by atoms with Crippen molar-refractivity contribution >= 4 is 16.7 Å². The van der Waals surface area contributed by atoms with Crippen LogP contribution in [0.2, 0.25) is 0 Å². The van der Waals surface area contributed by atoms with Crippen LogP contribution in [0.4, 0.5) is 23.2 Å². The molecule has 0 unspecified atom stereocenters. The Bertz CT molecular complexity index is 2510. The summed E-state index contributed by atoms with van der Waals surface area (Å²) in [7, 11) is 0. The largest absolute Gasteiger partial charge is 0.433 e. The van der Waals surface area contributed by atoms with Gasteiger partial charge in [0.1, 0.15) is 28.8 Å². The maximum Gasteiger partial charge on any atom is 0.433 e. The number of alkyl halides is 3. The number of fused-ring (bicyclic) bond motifs is 4. The molecular weight excluding hydrogens is 695 g/mol. The first-order valence-corrected chi connectivity index (χ1v) is 17.9. The number of aromatic amines is 1. The molecule has 3 aliphatic rings. The minimum absolute atomic E-state index is 0.00986. The first-order valence-electron chi connectivity index (χ1n) is 17.9. The summed E-state index contributed by atoms with van der Waals surface area (Å²) in [6.07, 6.45) is 5.69. The van der Waals surface area contributed by atoms with Gasteiger partial charge in [-0.25, -0.2) is 14.4 Å². The van der Waals surface area contributed by atoms with Gasteiger partial charge in [0.25, 0.3) is 0 Å². The zero-order valence-corrected chi connectivity index (χ0v) is 29.0. The molecule has 9 nitrogen and oxygen atoms in total. The van der Waals surface area contributed by atoms with E-state index in [1.165, 1.54) is 5.56 Å². The van der Waals surface area contributed by atoms with E-state index in [1.54, 1.807) is 18.6 Å². The summed E-state index contributed by atoms with van der Waals surface area (Å²) in [5.74, 6) is -0.761. The van der Waals surface area contributed by atoms with Gasteiger partial charge in [-0.1, -0.05) is 36.4 Å². The standard InChI is InChI=1S/C41H33F4N9/c42-35-21-49-36(41(43,44)45)17-27(35)15-26-5-6-32-31-4-2-1-3-25(31)16-34(32)38(26)52-13-8-30(9-14-52)53-23-40(24-53,10-11-46)54-22-29(20-51-54)37-28(18-47)19-50-39-33(37)7-12-48-39/h1-7,12,17,19-22,30H,8-10,13-16,23-24H2,(H,48,50). The number of aromatic nitrogens is 5. The van der Waals surface area contributed by atoms with Crippen molar-refractivity contribution in [2.24, 2.45) is 0 Å². The minimum Gasteiger partial charge on any atom is -0.371 e. The molecule has 4 aromatic heterocycles. The van der Waals surface area contributed by atoms with Gasteiger partial charge in [-0.2, -0.15) is 28.8 Å². The second kappa shape index (κ2) is 12.8. The summed E-state index contributed by atoms with van der Waals surface area (Å²) in [5, 5.41) is 25.3. The van der Waals surface area contributed by atoms with Crippen LogP contribution in [-0.2, 0) is 24.6 Å². The highest BCUT2D eigenvalue weighted by molar-refractivity contribution is 5.95. The van der Waals surface area contributed by atoms with Gasteiger partial charge in [0, 0.05) is 85.9 Å². The van der Waals surface area contributed by atoms with Gasteiger partial charge in [-0.05, 0) is 58.4 Å². The van der Waals surface area contributed by atoms with Crippen LogP contribution in [0.1, 0.15) is 52.8 Å². The Morgan fingerprint density at radius 2 is 1.76 bits per heavy atom. The number of pyridine rings is 2. The fraction of sp³-hybridized carbons (Fsp3) is 0.293. The highest BCUT2D eigenvalue weighted by Crippen LogP contribution is 2.45. The third kappa shape index (κ3) is 5.58. The van der Waals surface area contributed by atoms with Gasteiger partial charge in [0.2, 0.25) is 0 Å². The number of hydrogen-bond donors (Lipinski definition) is 1. The summed E-state index contributed by atoms with van der Waals surface area (Å²) < 4.78 is 57.6. The number of hydrogen-bond acceptors (Lipinski definition) is 7. The normalized spacial score (nSPS) is 16.8. The Balaban J connectivity index is 0.959. The molecule has 2 aliphatic heterocycles. The van der Waals surface area contributed by atoms with Gasteiger partial charge >= 0.3 is 6.18 Å². The average molecular weight is 728 g/mol. The molecule has 2 saturated heterocycles. The Labute approximate surface area is 308 Å². The van der Waals surface area contributed by atoms with Crippen molar-refractivity contribution in [1.82, 2.24) is 29.6 Å². The second-order valence-corrected chi connectivity index (χ2v) is 14.5. The van der Waals surface area contributed by atoms with E-state index in [0.29, 0.717) is 36.9 Å². The molecule has 54 heavy (non-hydrogen) atoms. The molecule has 9 rings (SSSR count). The fourth-order valence-electron chi connectivity index (χ4n) is 8.78. The van der Waals surface area contributed by atoms with Gasteiger partial charge in [-0.15, -0.1) is 0 Å². The SMILES string of the molecule is N#CCC1(n2cc(-c3c(C#N)cnc4[nH]ccc34)cn2)CN(C2CCN(c3c(Cc4cc(C(F)(F)F)ncc4F)ccc4c3Cc3ccccc3-4)CC2)C1. The molecule has 1 aliphatic carbocycles. The topological polar surface area (TPSA) is 113 Å². The number of likely N-dealkylation sites (tertiary alicyclic amines) is 1. The van der Waals surface area contributed by atoms with Crippen LogP contribution in [0, 0.1) is 28.5 Å². The third-order valence-electron chi connectivity index (χ3n) is 11.4. The molecule has 0 radical (unpaired) electrons. The van der Waals surface area contributed by atoms with E-state index in [2.05, 4.69) is 49.0 Å². The first-order chi connectivity index (χ1) is 26.2. The molecular formula is C41H33F4N9. The van der Waals surface area contributed by atoms with Crippen LogP contribution in [-0.4, -0.2) is 61.9 Å². The summed E-state index contributed by atoms with van der Waals surface area (Å²) in [6, 6.07) is 19.8. The molecule has 1 N–H and O–H groups in total. The van der Waals surface area contributed by atoms with E-state index in [9.17, 15) is 23.7 Å². The third-order valence-corrected chi connectivity index (χ3v) is 11.4. The van der Waals surface area contributed by atoms with Crippen LogP contribution in [0.3, 0.4) is 0 Å². The van der Waals surface area contributed by atoms with Crippen molar-refractivity contribution < 1.29 is 17.6 Å². The number of rotatable bonds is 7. The predicted octanol–water partition coefficient (Wildman–Crippen LogP) is 7.61. The van der Waals surface area contributed by atoms with Crippen molar-refractivity contribution in [3.8, 4) is 34.4 Å². The molecule has 13 heteroatoms. The van der Waals surface area contributed by atoms with Gasteiger partial charge in [0.05, 0.1) is 30.4 Å². The lowest BCUT2D eigenvalue weighted by molar-refractivity contribution is -0.141. The lowest BCUT2D eigenvalue weighted by Gasteiger charge is -2.54. The summed E-state index contributed by atoms with van der Waals surface area (Å²) in [5.41, 5.74) is 7.35. The number of halogens is 4. The highest BCUT2D eigenvalue weighted by atomic mass is 19.4. The van der Waals surface area contributed by atoms with Crippen LogP contribution < -0.4 is 4.90 Å². The number of nitrogens with one attached hydrogen (secondary N) is 1. The zero-order valence-electron chi connectivity index (χ0n) is 29.0. The van der Waals surface area contributed by atoms with Crippen molar-refractivity contribution in [1.29, 1.82) is 10.5 Å². The van der Waals surface area contributed by atoms with E-state index in [1.807, 2.05) is 41.2 Å². The summed E-state index contributed by atoms with van der Waals surface area (Å²) in [6.45, 7) is 2.74. The quantitative estimate of drug-likeness (QED) is 0.168. The second-order valence-electron chi connectivity index (χ2n) is 14.5. The van der Waals surface area contributed by atoms with E-state index in [4.69, 9.17) is 5.10 Å². The average Bonchev–Trinajstić information content (AvgIpc) is 3.92. The van der Waals surface area contributed by atoms with Crippen molar-refractivity contribution in [3.63, 3.8) is 0 Å². The molecule has 0 spiro atoms. The zero-order chi connectivity index (χ0) is 37.2. The van der Waals surface area contributed by atoms with Crippen molar-refractivity contribution in [2.45, 2.75) is 49.9 Å². The number of piperidine rings is 1. The molecule has 0 atom stereocenters. The number of nitrogens with zero attached hydrogens (tertiary/aromatic N) is 8. The van der Waals surface area contributed by atoms with Gasteiger partial charge in [-0.3, -0.25) is 9.58 Å². The fourth-order valence-corrected chi connectivity index (χ4v) is 8.78. The van der Waals surface area contributed by atoms with Crippen molar-refractivity contribution in [2.75, 3.05) is 31.1 Å². The number of nitriles is 2. The minimum atomic E-state index is -4.68. The molecule has 0 amide bonds. The maximum absolute atomic E-state index is 15.0. The molecule has 0 bridgehead atoms. The number of H-pyrrole nitrogens is 1. The Kier molecular flexibility index (Phi) is 8.01. The van der Waals surface area contributed by atoms with E-state index in [-0.39, 0.29) is 24.4 Å². The van der Waals surface area contributed by atoms with Crippen molar-refractivity contribution in [3.05, 3.63) is 119 Å². The van der Waals surface area contributed by atoms with E-state index in [0.717, 1.165) is 76.5 Å². The lowest BCUT2D eigenvalue weighted by atomic mass is 9.83. The monoisotopic (exact) mass is 727 g/mol. The first kappa shape index (κ1) is 33.8. The summed E-state index contributed by atoms with van der Waals surface area (Å²) in [4.78, 5) is 15.5. The molecule has 6 heterocycles. The Hall–Kier alpha value is -6.05. The van der Waals surface area contributed by atoms with Crippen LogP contribution in [0.25, 0.3) is 33.3 Å². The predicted molar refractivity (Wildman–Crippen MR) is 194 cm³/mol. The number of benzene rings is 2. The lowest BCUT2D eigenvalue weighted by Crippen LogP contribution is -2.66. The van der Waals surface area contributed by atoms with Gasteiger partial charge in [0.15, 0.2) is 0 Å². The van der Waals surface area contributed by atoms with Crippen LogP contribution in [0.15, 0.2) is 79.5 Å². The van der Waals surface area contributed by atoms with E-state index >= 15 is 4.39 Å². The van der Waals surface area contributed by atoms with Crippen LogP contribution in [0.5, 0.6) is 0 Å². The molecule has 6 aromatic rings. The van der Waals surface area contributed by atoms with Gasteiger partial charge < -0.3 is 9.88 Å². The molecule has 270 valence electrons. The van der Waals surface area contributed by atoms with Crippen LogP contribution >= 0.6 is 0 Å². The molecule has 2 fully saturated rings. The Morgan fingerprint density at radius 3 is 2.54 bits per heavy atom. The maximum atomic E-state index is 15.0. The molecule has 2 aromatic carbocycles. The summed E-state index contributed by atoms with van der Waals surface area (Å²) >= 11 is 0. The number of anilines is 1. The Morgan fingerprint density at radius 1 is 0.944 bits per heavy atom. The molecule has 0 saturated carbocycles.